The second-order valence-corrected chi connectivity index (χ2v) is 13.0. The first-order chi connectivity index (χ1) is 18.0. The number of rotatable bonds is 9. The zero-order chi connectivity index (χ0) is 27.9. The number of hydrogen-bond donors (Lipinski definition) is 2. The molecule has 3 atom stereocenters. The molecule has 208 valence electrons. The molecule has 0 bridgehead atoms. The standard InChI is InChI=1S/C22H29N3O2S2.C7H12O2/c1-14-21(28-16(3)23-14)29-25-18-9-7-17(8-10-18)20(27)24-19(15(2)26)13-22(4)11-5-6-12-22;1-3-7-5(2)6(8)4-9-7/h7-10,19,25H,5-6,11-13H2,1-4H3,(H,24,27);5,7H,3-4H2,1-2H3/t19-;5-,7+/m01/s1. The second kappa shape index (κ2) is 13.7. The number of thiazole rings is 1. The van der Waals surface area contributed by atoms with E-state index in [0.29, 0.717) is 12.2 Å². The third-order valence-corrected chi connectivity index (χ3v) is 9.67. The minimum Gasteiger partial charge on any atom is -0.370 e. The summed E-state index contributed by atoms with van der Waals surface area (Å²) in [5, 5.41) is 4.00. The number of carbonyl (C=O) groups is 3. The maximum Gasteiger partial charge on any atom is 0.251 e. The molecule has 0 unspecified atom stereocenters. The van der Waals surface area contributed by atoms with Crippen LogP contribution < -0.4 is 10.0 Å². The summed E-state index contributed by atoms with van der Waals surface area (Å²) in [6, 6.07) is 6.92. The summed E-state index contributed by atoms with van der Waals surface area (Å²) in [7, 11) is 0. The molecule has 9 heteroatoms. The topological polar surface area (TPSA) is 97.4 Å². The van der Waals surface area contributed by atoms with Crippen LogP contribution in [0.3, 0.4) is 0 Å². The highest BCUT2D eigenvalue weighted by atomic mass is 32.2. The molecule has 1 aliphatic heterocycles. The quantitative estimate of drug-likeness (QED) is 0.337. The highest BCUT2D eigenvalue weighted by Crippen LogP contribution is 2.41. The number of ketones is 2. The first-order valence-electron chi connectivity index (χ1n) is 13.4. The van der Waals surface area contributed by atoms with Crippen LogP contribution >= 0.6 is 23.3 Å². The van der Waals surface area contributed by atoms with E-state index in [1.807, 2.05) is 39.8 Å². The fourth-order valence-corrected chi connectivity index (χ4v) is 6.85. The van der Waals surface area contributed by atoms with Gasteiger partial charge in [-0.25, -0.2) is 4.98 Å². The van der Waals surface area contributed by atoms with Crippen molar-refractivity contribution in [2.24, 2.45) is 11.3 Å². The number of nitrogens with one attached hydrogen (secondary N) is 2. The van der Waals surface area contributed by atoms with E-state index < -0.39 is 6.04 Å². The first-order valence-corrected chi connectivity index (χ1v) is 15.1. The number of aryl methyl sites for hydroxylation is 2. The number of anilines is 1. The molecule has 2 aliphatic rings. The van der Waals surface area contributed by atoms with Gasteiger partial charge in [0.15, 0.2) is 11.6 Å². The number of nitrogens with zero attached hydrogens (tertiary/aromatic N) is 1. The van der Waals surface area contributed by atoms with Crippen molar-refractivity contribution in [1.82, 2.24) is 10.3 Å². The summed E-state index contributed by atoms with van der Waals surface area (Å²) in [5.74, 6) is 0.216. The van der Waals surface area contributed by atoms with Gasteiger partial charge >= 0.3 is 0 Å². The lowest BCUT2D eigenvalue weighted by molar-refractivity contribution is -0.120. The van der Waals surface area contributed by atoms with Gasteiger partial charge < -0.3 is 14.8 Å². The molecular weight excluding hydrogens is 518 g/mol. The van der Waals surface area contributed by atoms with E-state index in [1.165, 1.54) is 24.8 Å². The molecule has 1 aromatic carbocycles. The fraction of sp³-hybridized carbons (Fsp3) is 0.586. The summed E-state index contributed by atoms with van der Waals surface area (Å²) in [6.45, 7) is 12.1. The molecule has 1 saturated carbocycles. The Hall–Kier alpha value is -2.23. The highest BCUT2D eigenvalue weighted by Gasteiger charge is 2.34. The van der Waals surface area contributed by atoms with Gasteiger partial charge in [-0.2, -0.15) is 0 Å². The van der Waals surface area contributed by atoms with Crippen molar-refractivity contribution in [2.75, 3.05) is 11.3 Å². The zero-order valence-corrected chi connectivity index (χ0v) is 25.0. The normalized spacial score (nSPS) is 20.9. The smallest absolute Gasteiger partial charge is 0.251 e. The molecular formula is C29H41N3O4S2. The van der Waals surface area contributed by atoms with Crippen molar-refractivity contribution < 1.29 is 19.1 Å². The molecule has 2 fully saturated rings. The second-order valence-electron chi connectivity index (χ2n) is 10.8. The molecule has 0 radical (unpaired) electrons. The van der Waals surface area contributed by atoms with Crippen LogP contribution in [0.2, 0.25) is 0 Å². The van der Waals surface area contributed by atoms with Gasteiger partial charge in [-0.1, -0.05) is 33.6 Å². The van der Waals surface area contributed by atoms with Crippen LogP contribution in [0.15, 0.2) is 28.5 Å². The van der Waals surface area contributed by atoms with Gasteiger partial charge in [0.1, 0.15) is 10.8 Å². The lowest BCUT2D eigenvalue weighted by Crippen LogP contribution is -2.42. The van der Waals surface area contributed by atoms with Crippen LogP contribution in [-0.2, 0) is 14.3 Å². The van der Waals surface area contributed by atoms with Crippen molar-refractivity contribution in [3.63, 3.8) is 0 Å². The van der Waals surface area contributed by atoms with E-state index in [4.69, 9.17) is 4.74 Å². The summed E-state index contributed by atoms with van der Waals surface area (Å²) < 4.78 is 9.61. The number of Topliss-reactive ketones (excluding diaryl/α,β-unsaturated/α-hetero) is 2. The average Bonchev–Trinajstić information content (AvgIpc) is 3.56. The Morgan fingerprint density at radius 2 is 1.87 bits per heavy atom. The number of aromatic nitrogens is 1. The van der Waals surface area contributed by atoms with E-state index in [1.54, 1.807) is 30.4 Å². The number of benzene rings is 1. The number of hydrogen-bond acceptors (Lipinski definition) is 8. The van der Waals surface area contributed by atoms with Gasteiger partial charge in [0, 0.05) is 17.2 Å². The van der Waals surface area contributed by atoms with Crippen LogP contribution in [0, 0.1) is 25.2 Å². The molecule has 0 spiro atoms. The van der Waals surface area contributed by atoms with Gasteiger partial charge in [-0.15, -0.1) is 11.3 Å². The van der Waals surface area contributed by atoms with Gasteiger partial charge in [0.2, 0.25) is 0 Å². The van der Waals surface area contributed by atoms with Crippen molar-refractivity contribution in [2.45, 2.75) is 96.4 Å². The molecule has 2 N–H and O–H groups in total. The van der Waals surface area contributed by atoms with Crippen molar-refractivity contribution in [3.8, 4) is 0 Å². The molecule has 2 aromatic rings. The molecule has 1 saturated heterocycles. The van der Waals surface area contributed by atoms with Gasteiger partial charge in [-0.05, 0) is 88.1 Å². The van der Waals surface area contributed by atoms with Crippen molar-refractivity contribution >= 4 is 46.4 Å². The summed E-state index contributed by atoms with van der Waals surface area (Å²) in [6.07, 6.45) is 6.54. The number of amides is 1. The minimum absolute atomic E-state index is 0.0244. The Kier molecular flexibility index (Phi) is 10.9. The maximum atomic E-state index is 12.7. The van der Waals surface area contributed by atoms with Gasteiger partial charge in [0.05, 0.1) is 22.8 Å². The minimum atomic E-state index is -0.420. The third kappa shape index (κ3) is 8.38. The van der Waals surface area contributed by atoms with Crippen LogP contribution in [0.25, 0.3) is 0 Å². The monoisotopic (exact) mass is 559 g/mol. The lowest BCUT2D eigenvalue weighted by atomic mass is 9.81. The maximum absolute atomic E-state index is 12.7. The van der Waals surface area contributed by atoms with Gasteiger partial charge in [-0.3, -0.25) is 14.4 Å². The summed E-state index contributed by atoms with van der Waals surface area (Å²) in [5.41, 5.74) is 2.65. The molecule has 7 nitrogen and oxygen atoms in total. The van der Waals surface area contributed by atoms with E-state index >= 15 is 0 Å². The molecule has 1 aliphatic carbocycles. The number of carbonyl (C=O) groups excluding carboxylic acids is 3. The van der Waals surface area contributed by atoms with Crippen LogP contribution in [0.4, 0.5) is 5.69 Å². The Balaban J connectivity index is 0.000000375. The fourth-order valence-electron chi connectivity index (χ4n) is 5.01. The SMILES string of the molecule is CC(=O)[C@H](CC1(C)CCCC1)NC(=O)c1ccc(NSc2sc(C)nc2C)cc1.CC[C@@H]1OCC(=O)[C@H]1C. The van der Waals surface area contributed by atoms with Crippen molar-refractivity contribution in [1.29, 1.82) is 0 Å². The molecule has 1 aromatic heterocycles. The van der Waals surface area contributed by atoms with E-state index in [0.717, 1.165) is 46.3 Å². The van der Waals surface area contributed by atoms with Crippen LogP contribution in [0.1, 0.15) is 87.3 Å². The Morgan fingerprint density at radius 3 is 2.34 bits per heavy atom. The summed E-state index contributed by atoms with van der Waals surface area (Å²) in [4.78, 5) is 40.0. The Bertz CT molecular complexity index is 1110. The van der Waals surface area contributed by atoms with E-state index in [9.17, 15) is 14.4 Å². The molecule has 4 rings (SSSR count). The lowest BCUT2D eigenvalue weighted by Gasteiger charge is -2.28. The van der Waals surface area contributed by atoms with Gasteiger partial charge in [0.25, 0.3) is 5.91 Å². The van der Waals surface area contributed by atoms with Crippen LogP contribution in [0.5, 0.6) is 0 Å². The Morgan fingerprint density at radius 1 is 1.21 bits per heavy atom. The van der Waals surface area contributed by atoms with E-state index in [2.05, 4.69) is 21.9 Å². The summed E-state index contributed by atoms with van der Waals surface area (Å²) >= 11 is 3.18. The largest absolute Gasteiger partial charge is 0.370 e. The third-order valence-electron chi connectivity index (χ3n) is 7.48. The van der Waals surface area contributed by atoms with E-state index in [-0.39, 0.29) is 34.9 Å². The highest BCUT2D eigenvalue weighted by molar-refractivity contribution is 8.02. The predicted octanol–water partition coefficient (Wildman–Crippen LogP) is 6.54. The van der Waals surface area contributed by atoms with Crippen LogP contribution in [-0.4, -0.2) is 41.2 Å². The average molecular weight is 560 g/mol. The predicted molar refractivity (Wildman–Crippen MR) is 155 cm³/mol. The molecule has 1 amide bonds. The first kappa shape index (κ1) is 30.3. The van der Waals surface area contributed by atoms with Crippen molar-refractivity contribution in [3.05, 3.63) is 40.5 Å². The zero-order valence-electron chi connectivity index (χ0n) is 23.4. The molecule has 38 heavy (non-hydrogen) atoms. The Labute approximate surface area is 235 Å². The number of ether oxygens (including phenoxy) is 1. The molecule has 2 heterocycles.